The average molecular weight is 534 g/mol. The zero-order valence-electron chi connectivity index (χ0n) is 21.8. The molecule has 0 saturated heterocycles. The van der Waals surface area contributed by atoms with Crippen molar-refractivity contribution in [2.45, 2.75) is 71.1 Å². The molecule has 10 nitrogen and oxygen atoms in total. The van der Waals surface area contributed by atoms with Crippen molar-refractivity contribution in [2.24, 2.45) is 17.6 Å². The average Bonchev–Trinajstić information content (AvgIpc) is 3.26. The smallest absolute Gasteiger partial charge is 0.327 e. The number of hydrogen-bond acceptors (Lipinski definition) is 6. The number of benzene rings is 1. The van der Waals surface area contributed by atoms with E-state index in [0.717, 1.165) is 16.5 Å². The van der Waals surface area contributed by atoms with Crippen LogP contribution in [0.1, 0.15) is 46.1 Å². The van der Waals surface area contributed by atoms with Crippen molar-refractivity contribution in [2.75, 3.05) is 5.75 Å². The third-order valence-electron chi connectivity index (χ3n) is 6.38. The number of thiol groups is 1. The van der Waals surface area contributed by atoms with Gasteiger partial charge in [0.2, 0.25) is 17.7 Å². The minimum absolute atomic E-state index is 0.102. The summed E-state index contributed by atoms with van der Waals surface area (Å²) in [5.41, 5.74) is 7.78. The van der Waals surface area contributed by atoms with Gasteiger partial charge in [0.1, 0.15) is 18.1 Å². The van der Waals surface area contributed by atoms with Crippen LogP contribution in [-0.4, -0.2) is 63.7 Å². The Morgan fingerprint density at radius 1 is 1.00 bits per heavy atom. The predicted molar refractivity (Wildman–Crippen MR) is 146 cm³/mol. The van der Waals surface area contributed by atoms with E-state index in [0.29, 0.717) is 12.8 Å². The molecule has 2 rings (SSSR count). The van der Waals surface area contributed by atoms with Gasteiger partial charge in [0, 0.05) is 29.3 Å². The van der Waals surface area contributed by atoms with Crippen molar-refractivity contribution >= 4 is 47.2 Å². The van der Waals surface area contributed by atoms with Gasteiger partial charge in [-0.1, -0.05) is 52.3 Å². The van der Waals surface area contributed by atoms with E-state index < -0.39 is 47.9 Å². The summed E-state index contributed by atoms with van der Waals surface area (Å²) in [5, 5.41) is 18.2. The zero-order valence-corrected chi connectivity index (χ0v) is 22.7. The predicted octanol–water partition coefficient (Wildman–Crippen LogP) is 1.60. The second kappa shape index (κ2) is 14.0. The molecule has 5 atom stereocenters. The fraction of sp³-hybridized carbons (Fsp3) is 0.538. The van der Waals surface area contributed by atoms with Crippen LogP contribution in [0.2, 0.25) is 0 Å². The summed E-state index contributed by atoms with van der Waals surface area (Å²) >= 11 is 3.99. The third kappa shape index (κ3) is 8.50. The van der Waals surface area contributed by atoms with Crippen molar-refractivity contribution in [3.63, 3.8) is 0 Å². The lowest BCUT2D eigenvalue weighted by molar-refractivity contribution is -0.142. The zero-order chi connectivity index (χ0) is 27.7. The maximum Gasteiger partial charge on any atom is 0.327 e. The first-order valence-corrected chi connectivity index (χ1v) is 13.2. The van der Waals surface area contributed by atoms with Gasteiger partial charge in [-0.05, 0) is 29.9 Å². The Bertz CT molecular complexity index is 1090. The molecule has 7 N–H and O–H groups in total. The number of carbonyl (C=O) groups is 4. The summed E-state index contributed by atoms with van der Waals surface area (Å²) in [6.07, 6.45) is 2.95. The van der Waals surface area contributed by atoms with Gasteiger partial charge in [-0.2, -0.15) is 12.6 Å². The molecule has 37 heavy (non-hydrogen) atoms. The molecule has 5 unspecified atom stereocenters. The Labute approximate surface area is 222 Å². The highest BCUT2D eigenvalue weighted by molar-refractivity contribution is 7.80. The molecule has 1 heterocycles. The highest BCUT2D eigenvalue weighted by Crippen LogP contribution is 2.20. The van der Waals surface area contributed by atoms with Crippen molar-refractivity contribution in [3.8, 4) is 0 Å². The second-order valence-electron chi connectivity index (χ2n) is 9.81. The second-order valence-corrected chi connectivity index (χ2v) is 10.2. The molecular weight excluding hydrogens is 494 g/mol. The van der Waals surface area contributed by atoms with Crippen molar-refractivity contribution in [1.82, 2.24) is 20.9 Å². The number of nitrogens with two attached hydrogens (primary N) is 1. The van der Waals surface area contributed by atoms with Gasteiger partial charge in [0.05, 0.1) is 6.04 Å². The molecule has 0 fully saturated rings. The standard InChI is InChI=1S/C26H39N5O5S/c1-5-15(4)22(25(34)30-21(13-37)26(35)36)31-24(33)20(29-23(32)18(27)10-14(2)3)11-16-12-28-19-9-7-6-8-17(16)19/h6-9,12,14-15,18,20-22,28,37H,5,10-11,13,27H2,1-4H3,(H,29,32)(H,30,34)(H,31,33)(H,35,36). The SMILES string of the molecule is CCC(C)C(NC(=O)C(Cc1c[nH]c2ccccc12)NC(=O)C(N)CC(C)C)C(=O)NC(CS)C(=O)O. The number of carboxylic acid groups (broad SMARTS) is 1. The first kappa shape index (κ1) is 30.2. The van der Waals surface area contributed by atoms with Gasteiger partial charge >= 0.3 is 5.97 Å². The Morgan fingerprint density at radius 3 is 2.24 bits per heavy atom. The van der Waals surface area contributed by atoms with E-state index in [2.05, 4.69) is 33.6 Å². The Morgan fingerprint density at radius 2 is 1.65 bits per heavy atom. The lowest BCUT2D eigenvalue weighted by atomic mass is 9.96. The number of H-pyrrole nitrogens is 1. The van der Waals surface area contributed by atoms with Crippen molar-refractivity contribution in [1.29, 1.82) is 0 Å². The molecule has 0 aliphatic rings. The van der Waals surface area contributed by atoms with E-state index in [1.165, 1.54) is 0 Å². The van der Waals surface area contributed by atoms with Gasteiger partial charge in [-0.25, -0.2) is 4.79 Å². The molecule has 2 aromatic rings. The topological polar surface area (TPSA) is 166 Å². The maximum absolute atomic E-state index is 13.5. The molecule has 0 saturated carbocycles. The lowest BCUT2D eigenvalue weighted by Crippen LogP contribution is -2.59. The van der Waals surface area contributed by atoms with E-state index in [1.807, 2.05) is 45.0 Å². The molecule has 11 heteroatoms. The first-order chi connectivity index (χ1) is 17.5. The van der Waals surface area contributed by atoms with Crippen LogP contribution in [-0.2, 0) is 25.6 Å². The molecule has 0 bridgehead atoms. The summed E-state index contributed by atoms with van der Waals surface area (Å²) in [7, 11) is 0. The molecule has 1 aromatic heterocycles. The summed E-state index contributed by atoms with van der Waals surface area (Å²) in [6, 6.07) is 3.60. The normalized spacial score (nSPS) is 15.4. The van der Waals surface area contributed by atoms with Gasteiger partial charge in [0.15, 0.2) is 0 Å². The Balaban J connectivity index is 2.31. The number of aromatic amines is 1. The summed E-state index contributed by atoms with van der Waals surface area (Å²) < 4.78 is 0. The molecule has 0 radical (unpaired) electrons. The number of para-hydroxylation sites is 1. The van der Waals surface area contributed by atoms with E-state index >= 15 is 0 Å². The first-order valence-electron chi connectivity index (χ1n) is 12.5. The van der Waals surface area contributed by atoms with Crippen molar-refractivity contribution < 1.29 is 24.3 Å². The summed E-state index contributed by atoms with van der Waals surface area (Å²) in [5.74, 6) is -3.08. The van der Waals surface area contributed by atoms with Crippen LogP contribution in [0, 0.1) is 11.8 Å². The van der Waals surface area contributed by atoms with E-state index in [9.17, 15) is 24.3 Å². The van der Waals surface area contributed by atoms with Crippen LogP contribution in [0.15, 0.2) is 30.5 Å². The minimum Gasteiger partial charge on any atom is -0.480 e. The van der Waals surface area contributed by atoms with Crippen LogP contribution < -0.4 is 21.7 Å². The molecule has 3 amide bonds. The number of rotatable bonds is 14. The number of amides is 3. The molecule has 204 valence electrons. The van der Waals surface area contributed by atoms with E-state index in [4.69, 9.17) is 5.73 Å². The van der Waals surface area contributed by atoms with Crippen LogP contribution in [0.5, 0.6) is 0 Å². The number of nitrogens with one attached hydrogen (secondary N) is 4. The molecule has 0 aliphatic heterocycles. The van der Waals surface area contributed by atoms with Crippen LogP contribution in [0.3, 0.4) is 0 Å². The largest absolute Gasteiger partial charge is 0.480 e. The van der Waals surface area contributed by atoms with Gasteiger partial charge in [0.25, 0.3) is 0 Å². The fourth-order valence-corrected chi connectivity index (χ4v) is 4.27. The third-order valence-corrected chi connectivity index (χ3v) is 6.75. The number of hydrogen-bond donors (Lipinski definition) is 7. The monoisotopic (exact) mass is 533 g/mol. The highest BCUT2D eigenvalue weighted by Gasteiger charge is 2.33. The van der Waals surface area contributed by atoms with E-state index in [-0.39, 0.29) is 24.0 Å². The fourth-order valence-electron chi connectivity index (χ4n) is 4.03. The summed E-state index contributed by atoms with van der Waals surface area (Å²) in [4.78, 5) is 53.9. The maximum atomic E-state index is 13.5. The van der Waals surface area contributed by atoms with Crippen LogP contribution >= 0.6 is 12.6 Å². The Hall–Kier alpha value is -3.05. The Kier molecular flexibility index (Phi) is 11.4. The lowest BCUT2D eigenvalue weighted by Gasteiger charge is -2.28. The highest BCUT2D eigenvalue weighted by atomic mass is 32.1. The molecular formula is C26H39N5O5S. The molecule has 0 spiro atoms. The van der Waals surface area contributed by atoms with Crippen LogP contribution in [0.4, 0.5) is 0 Å². The number of aromatic nitrogens is 1. The number of fused-ring (bicyclic) bond motifs is 1. The number of aliphatic carboxylic acids is 1. The molecule has 1 aromatic carbocycles. The molecule has 0 aliphatic carbocycles. The number of carbonyl (C=O) groups excluding carboxylic acids is 3. The van der Waals surface area contributed by atoms with Gasteiger partial charge in [-0.15, -0.1) is 0 Å². The quantitative estimate of drug-likeness (QED) is 0.182. The summed E-state index contributed by atoms with van der Waals surface area (Å²) in [6.45, 7) is 7.55. The van der Waals surface area contributed by atoms with E-state index in [1.54, 1.807) is 13.1 Å². The minimum atomic E-state index is -1.22. The van der Waals surface area contributed by atoms with Crippen LogP contribution in [0.25, 0.3) is 10.9 Å². The van der Waals surface area contributed by atoms with Gasteiger partial charge in [-0.3, -0.25) is 14.4 Å². The van der Waals surface area contributed by atoms with Crippen molar-refractivity contribution in [3.05, 3.63) is 36.0 Å². The number of carboxylic acids is 1. The van der Waals surface area contributed by atoms with Gasteiger partial charge < -0.3 is 31.8 Å².